The van der Waals surface area contributed by atoms with Gasteiger partial charge in [-0.25, -0.2) is 0 Å². The molecule has 0 saturated heterocycles. The highest BCUT2D eigenvalue weighted by Gasteiger charge is 2.30. The third kappa shape index (κ3) is 2.95. The van der Waals surface area contributed by atoms with Gasteiger partial charge in [-0.15, -0.1) is 11.3 Å². The molecule has 0 aliphatic heterocycles. The van der Waals surface area contributed by atoms with Gasteiger partial charge in [-0.05, 0) is 59.0 Å². The summed E-state index contributed by atoms with van der Waals surface area (Å²) < 4.78 is 0.696. The summed E-state index contributed by atoms with van der Waals surface area (Å²) in [6.45, 7) is 0.885. The zero-order valence-electron chi connectivity index (χ0n) is 10.7. The molecule has 0 unspecified atom stereocenters. The number of nitrogens with zero attached hydrogens (tertiary/aromatic N) is 2. The second-order valence-corrected chi connectivity index (χ2v) is 7.03. The van der Waals surface area contributed by atoms with Gasteiger partial charge in [0.15, 0.2) is 0 Å². The molecular weight excluding hydrogens is 387 g/mol. The van der Waals surface area contributed by atoms with E-state index in [-0.39, 0.29) is 10.6 Å². The highest BCUT2D eigenvalue weighted by atomic mass is 127. The smallest absolute Gasteiger partial charge is 0.282 e. The quantitative estimate of drug-likeness (QED) is 0.424. The van der Waals surface area contributed by atoms with Crippen LogP contribution in [0.3, 0.4) is 0 Å². The molecule has 1 aliphatic rings. The number of hydrogen-bond acceptors (Lipinski definition) is 4. The number of nitro groups is 1. The van der Waals surface area contributed by atoms with E-state index in [9.17, 15) is 10.1 Å². The Labute approximate surface area is 134 Å². The van der Waals surface area contributed by atoms with E-state index < -0.39 is 0 Å². The molecule has 4 nitrogen and oxygen atoms in total. The van der Waals surface area contributed by atoms with Crippen LogP contribution in [0.1, 0.15) is 17.7 Å². The fourth-order valence-corrected chi connectivity index (χ4v) is 3.61. The van der Waals surface area contributed by atoms with Crippen LogP contribution in [0.2, 0.25) is 0 Å². The summed E-state index contributed by atoms with van der Waals surface area (Å²) in [6, 6.07) is 10.2. The third-order valence-corrected chi connectivity index (χ3v) is 5.08. The highest BCUT2D eigenvalue weighted by molar-refractivity contribution is 14.1. The van der Waals surface area contributed by atoms with Crippen molar-refractivity contribution in [3.05, 3.63) is 54.3 Å². The third-order valence-electron chi connectivity index (χ3n) is 3.35. The van der Waals surface area contributed by atoms with Crippen molar-refractivity contribution in [3.63, 3.8) is 0 Å². The van der Waals surface area contributed by atoms with Gasteiger partial charge in [-0.3, -0.25) is 10.1 Å². The summed E-state index contributed by atoms with van der Waals surface area (Å²) in [4.78, 5) is 14.3. The Hall–Kier alpha value is -1.15. The SMILES string of the molecule is O=[N+]([O-])c1ccc(N(Cc2cccs2)C2CC2)cc1I. The van der Waals surface area contributed by atoms with Gasteiger partial charge < -0.3 is 4.90 Å². The second kappa shape index (κ2) is 5.69. The number of benzene rings is 1. The summed E-state index contributed by atoms with van der Waals surface area (Å²) >= 11 is 3.79. The van der Waals surface area contributed by atoms with E-state index in [0.717, 1.165) is 12.2 Å². The minimum absolute atomic E-state index is 0.182. The molecule has 1 aromatic heterocycles. The molecule has 1 aromatic carbocycles. The van der Waals surface area contributed by atoms with E-state index in [1.165, 1.54) is 17.7 Å². The van der Waals surface area contributed by atoms with E-state index >= 15 is 0 Å². The lowest BCUT2D eigenvalue weighted by Gasteiger charge is -2.24. The fraction of sp³-hybridized carbons (Fsp3) is 0.286. The Morgan fingerprint density at radius 1 is 1.40 bits per heavy atom. The van der Waals surface area contributed by atoms with Crippen molar-refractivity contribution < 1.29 is 4.92 Å². The van der Waals surface area contributed by atoms with Gasteiger partial charge in [0, 0.05) is 22.7 Å². The maximum Gasteiger partial charge on any atom is 0.282 e. The minimum Gasteiger partial charge on any atom is -0.363 e. The topological polar surface area (TPSA) is 46.4 Å². The molecular formula is C14H13IN2O2S. The fourth-order valence-electron chi connectivity index (χ4n) is 2.21. The van der Waals surface area contributed by atoms with Crippen LogP contribution in [0.25, 0.3) is 0 Å². The second-order valence-electron chi connectivity index (χ2n) is 4.83. The maximum absolute atomic E-state index is 10.9. The standard InChI is InChI=1S/C14H13IN2O2S/c15-13-8-11(5-6-14(13)17(18)19)16(10-3-4-10)9-12-2-1-7-20-12/h1-2,5-8,10H,3-4,9H2. The van der Waals surface area contributed by atoms with E-state index in [2.05, 4.69) is 22.4 Å². The molecule has 6 heteroatoms. The first-order chi connectivity index (χ1) is 9.65. The van der Waals surface area contributed by atoms with Gasteiger partial charge in [0.1, 0.15) is 0 Å². The lowest BCUT2D eigenvalue weighted by molar-refractivity contribution is -0.385. The van der Waals surface area contributed by atoms with Crippen LogP contribution in [0.5, 0.6) is 0 Å². The number of hydrogen-bond donors (Lipinski definition) is 0. The summed E-state index contributed by atoms with van der Waals surface area (Å²) in [7, 11) is 0. The van der Waals surface area contributed by atoms with Crippen LogP contribution in [-0.2, 0) is 6.54 Å². The summed E-state index contributed by atoms with van der Waals surface area (Å²) in [6.07, 6.45) is 2.41. The van der Waals surface area contributed by atoms with Gasteiger partial charge in [0.05, 0.1) is 15.0 Å². The molecule has 0 atom stereocenters. The number of rotatable bonds is 5. The molecule has 1 saturated carbocycles. The highest BCUT2D eigenvalue weighted by Crippen LogP contribution is 2.35. The predicted molar refractivity (Wildman–Crippen MR) is 89.3 cm³/mol. The molecule has 20 heavy (non-hydrogen) atoms. The van der Waals surface area contributed by atoms with Gasteiger partial charge in [-0.1, -0.05) is 6.07 Å². The first-order valence-corrected chi connectivity index (χ1v) is 8.34. The predicted octanol–water partition coefficient (Wildman–Crippen LogP) is 4.43. The van der Waals surface area contributed by atoms with Crippen molar-refractivity contribution in [3.8, 4) is 0 Å². The van der Waals surface area contributed by atoms with Crippen molar-refractivity contribution in [1.29, 1.82) is 0 Å². The van der Waals surface area contributed by atoms with Gasteiger partial charge in [-0.2, -0.15) is 0 Å². The first kappa shape index (κ1) is 13.8. The van der Waals surface area contributed by atoms with Crippen LogP contribution < -0.4 is 4.90 Å². The summed E-state index contributed by atoms with van der Waals surface area (Å²) in [5.74, 6) is 0. The van der Waals surface area contributed by atoms with Crippen molar-refractivity contribution in [2.75, 3.05) is 4.90 Å². The number of thiophene rings is 1. The Kier molecular flexibility index (Phi) is 3.93. The normalized spacial score (nSPS) is 14.2. The molecule has 0 amide bonds. The van der Waals surface area contributed by atoms with E-state index in [4.69, 9.17) is 0 Å². The first-order valence-electron chi connectivity index (χ1n) is 6.38. The van der Waals surface area contributed by atoms with E-state index in [0.29, 0.717) is 9.61 Å². The van der Waals surface area contributed by atoms with E-state index in [1.807, 2.05) is 34.7 Å². The van der Waals surface area contributed by atoms with Crippen molar-refractivity contribution in [1.82, 2.24) is 0 Å². The van der Waals surface area contributed by atoms with Crippen LogP contribution in [0.4, 0.5) is 11.4 Å². The molecule has 3 rings (SSSR count). The lowest BCUT2D eigenvalue weighted by Crippen LogP contribution is -2.24. The van der Waals surface area contributed by atoms with Gasteiger partial charge in [0.25, 0.3) is 5.69 Å². The Morgan fingerprint density at radius 3 is 2.75 bits per heavy atom. The maximum atomic E-state index is 10.9. The molecule has 2 aromatic rings. The van der Waals surface area contributed by atoms with Crippen LogP contribution >= 0.6 is 33.9 Å². The molecule has 0 bridgehead atoms. The minimum atomic E-state index is -0.327. The molecule has 0 spiro atoms. The molecule has 104 valence electrons. The Morgan fingerprint density at radius 2 is 2.20 bits per heavy atom. The van der Waals surface area contributed by atoms with Crippen molar-refractivity contribution in [2.24, 2.45) is 0 Å². The zero-order chi connectivity index (χ0) is 14.1. The average molecular weight is 400 g/mol. The molecule has 0 radical (unpaired) electrons. The molecule has 1 aliphatic carbocycles. The average Bonchev–Trinajstić information content (AvgIpc) is 3.12. The number of nitro benzene ring substituents is 1. The lowest BCUT2D eigenvalue weighted by atomic mass is 10.2. The number of halogens is 1. The van der Waals surface area contributed by atoms with Crippen molar-refractivity contribution >= 4 is 45.3 Å². The largest absolute Gasteiger partial charge is 0.363 e. The summed E-state index contributed by atoms with van der Waals surface area (Å²) in [5.41, 5.74) is 1.26. The van der Waals surface area contributed by atoms with E-state index in [1.54, 1.807) is 17.4 Å². The van der Waals surface area contributed by atoms with Gasteiger partial charge in [0.2, 0.25) is 0 Å². The van der Waals surface area contributed by atoms with Crippen molar-refractivity contribution in [2.45, 2.75) is 25.4 Å². The van der Waals surface area contributed by atoms with Gasteiger partial charge >= 0.3 is 0 Å². The van der Waals surface area contributed by atoms with Crippen LogP contribution in [-0.4, -0.2) is 11.0 Å². The monoisotopic (exact) mass is 400 g/mol. The Balaban J connectivity index is 1.88. The summed E-state index contributed by atoms with van der Waals surface area (Å²) in [5, 5.41) is 13.0. The number of anilines is 1. The molecule has 1 fully saturated rings. The van der Waals surface area contributed by atoms with Crippen LogP contribution in [0.15, 0.2) is 35.7 Å². The van der Waals surface area contributed by atoms with Crippen LogP contribution in [0, 0.1) is 13.7 Å². The Bertz CT molecular complexity index is 626. The molecule has 0 N–H and O–H groups in total. The zero-order valence-corrected chi connectivity index (χ0v) is 13.6. The molecule has 1 heterocycles.